The average Bonchev–Trinajstić information content (AvgIpc) is 2.71. The predicted octanol–water partition coefficient (Wildman–Crippen LogP) is 0.525. The van der Waals surface area contributed by atoms with Gasteiger partial charge in [0, 0.05) is 0 Å². The van der Waals surface area contributed by atoms with Crippen molar-refractivity contribution in [2.24, 2.45) is 0 Å². The van der Waals surface area contributed by atoms with Gasteiger partial charge in [-0.3, -0.25) is 0 Å². The van der Waals surface area contributed by atoms with Crippen LogP contribution in [0.15, 0.2) is 15.2 Å². The van der Waals surface area contributed by atoms with Gasteiger partial charge >= 0.3 is 0 Å². The molecule has 6 heteroatoms. The molecule has 0 saturated carbocycles. The highest BCUT2D eigenvalue weighted by Gasteiger charge is 2.13. The number of hydrogen-bond acceptors (Lipinski definition) is 6. The van der Waals surface area contributed by atoms with Crippen molar-refractivity contribution < 1.29 is 14.2 Å². The summed E-state index contributed by atoms with van der Waals surface area (Å²) in [5, 5.41) is 15.8. The quantitative estimate of drug-likeness (QED) is 0.727. The third-order valence-corrected chi connectivity index (χ3v) is 1.59. The van der Waals surface area contributed by atoms with Crippen LogP contribution >= 0.6 is 0 Å². The molecule has 6 nitrogen and oxygen atoms in total. The maximum atomic E-state index is 8.69. The van der Waals surface area contributed by atoms with Crippen LogP contribution in [0.25, 0.3) is 11.5 Å². The van der Waals surface area contributed by atoms with E-state index in [1.807, 2.05) is 0 Å². The fourth-order valence-electron chi connectivity index (χ4n) is 0.932. The molecule has 0 bridgehead atoms. The molecule has 2 aromatic rings. The van der Waals surface area contributed by atoms with Crippen molar-refractivity contribution in [3.8, 4) is 11.5 Å². The van der Waals surface area contributed by atoms with Gasteiger partial charge in [-0.2, -0.15) is 4.98 Å². The van der Waals surface area contributed by atoms with Crippen molar-refractivity contribution in [3.63, 3.8) is 0 Å². The topological polar surface area (TPSA) is 85.2 Å². The molecule has 0 saturated heterocycles. The van der Waals surface area contributed by atoms with Gasteiger partial charge in [0.15, 0.2) is 5.82 Å². The first-order valence-electron chi connectivity index (χ1n) is 3.66. The summed E-state index contributed by atoms with van der Waals surface area (Å²) in [6.45, 7) is 1.50. The Balaban J connectivity index is 2.41. The summed E-state index contributed by atoms with van der Waals surface area (Å²) in [5.74, 6) is 1.16. The fraction of sp³-hybridized carbons (Fsp3) is 0.286. The van der Waals surface area contributed by atoms with Crippen molar-refractivity contribution >= 4 is 0 Å². The Morgan fingerprint density at radius 3 is 2.85 bits per heavy atom. The van der Waals surface area contributed by atoms with E-state index >= 15 is 0 Å². The van der Waals surface area contributed by atoms with Gasteiger partial charge in [-0.05, 0) is 6.92 Å². The summed E-state index contributed by atoms with van der Waals surface area (Å²) in [5.41, 5.74) is 0.646. The fourth-order valence-corrected chi connectivity index (χ4v) is 0.932. The smallest absolute Gasteiger partial charge is 0.263 e. The van der Waals surface area contributed by atoms with Crippen molar-refractivity contribution in [3.05, 3.63) is 17.8 Å². The van der Waals surface area contributed by atoms with Crippen molar-refractivity contribution in [1.82, 2.24) is 15.3 Å². The maximum absolute atomic E-state index is 8.69. The van der Waals surface area contributed by atoms with Crippen LogP contribution in [0.2, 0.25) is 0 Å². The molecule has 1 N–H and O–H groups in total. The summed E-state index contributed by atoms with van der Waals surface area (Å²) in [4.78, 5) is 3.90. The van der Waals surface area contributed by atoms with Crippen molar-refractivity contribution in [2.75, 3.05) is 0 Å². The first-order valence-corrected chi connectivity index (χ1v) is 3.66. The monoisotopic (exact) mass is 181 g/mol. The molecule has 13 heavy (non-hydrogen) atoms. The Bertz CT molecular complexity index is 407. The van der Waals surface area contributed by atoms with Gasteiger partial charge in [0.1, 0.15) is 17.9 Å². The summed E-state index contributed by atoms with van der Waals surface area (Å²) >= 11 is 0. The molecule has 0 aliphatic heterocycles. The highest BCUT2D eigenvalue weighted by Crippen LogP contribution is 2.20. The second-order valence-corrected chi connectivity index (χ2v) is 2.47. The van der Waals surface area contributed by atoms with Crippen molar-refractivity contribution in [1.29, 1.82) is 0 Å². The summed E-state index contributed by atoms with van der Waals surface area (Å²) < 4.78 is 9.68. The molecule has 0 aliphatic rings. The largest absolute Gasteiger partial charge is 0.388 e. The minimum absolute atomic E-state index is 0.242. The third-order valence-electron chi connectivity index (χ3n) is 1.59. The molecule has 2 rings (SSSR count). The van der Waals surface area contributed by atoms with E-state index in [0.29, 0.717) is 17.2 Å². The van der Waals surface area contributed by atoms with Gasteiger partial charge in [-0.15, -0.1) is 0 Å². The SMILES string of the molecule is Cc1oncc1-c1nc(CO)no1. The lowest BCUT2D eigenvalue weighted by molar-refractivity contribution is 0.264. The van der Waals surface area contributed by atoms with E-state index in [2.05, 4.69) is 15.3 Å². The molecule has 2 aromatic heterocycles. The zero-order chi connectivity index (χ0) is 9.26. The van der Waals surface area contributed by atoms with Crippen LogP contribution in [-0.4, -0.2) is 20.4 Å². The lowest BCUT2D eigenvalue weighted by Crippen LogP contribution is -1.84. The molecule has 68 valence electrons. The Kier molecular flexibility index (Phi) is 1.82. The molecule has 0 spiro atoms. The number of rotatable bonds is 2. The highest BCUT2D eigenvalue weighted by atomic mass is 16.5. The normalized spacial score (nSPS) is 10.6. The summed E-state index contributed by atoms with van der Waals surface area (Å²) in [7, 11) is 0. The number of hydrogen-bond donors (Lipinski definition) is 1. The molecular formula is C7H7N3O3. The van der Waals surface area contributed by atoms with E-state index in [-0.39, 0.29) is 12.4 Å². The molecule has 0 aromatic carbocycles. The van der Waals surface area contributed by atoms with Gasteiger partial charge < -0.3 is 14.2 Å². The van der Waals surface area contributed by atoms with Gasteiger partial charge in [0.05, 0.1) is 6.20 Å². The van der Waals surface area contributed by atoms with E-state index in [1.165, 1.54) is 6.20 Å². The third kappa shape index (κ3) is 1.31. The van der Waals surface area contributed by atoms with Crippen LogP contribution in [0.1, 0.15) is 11.6 Å². The van der Waals surface area contributed by atoms with Gasteiger partial charge in [0.25, 0.3) is 5.89 Å². The number of aliphatic hydroxyl groups is 1. The Labute approximate surface area is 73.2 Å². The second kappa shape index (κ2) is 2.98. The molecule has 0 unspecified atom stereocenters. The van der Waals surface area contributed by atoms with Gasteiger partial charge in [-0.1, -0.05) is 10.3 Å². The van der Waals surface area contributed by atoms with Crippen LogP contribution in [-0.2, 0) is 6.61 Å². The highest BCUT2D eigenvalue weighted by molar-refractivity contribution is 5.53. The van der Waals surface area contributed by atoms with E-state index in [9.17, 15) is 0 Å². The molecule has 0 radical (unpaired) electrons. The Hall–Kier alpha value is -1.69. The van der Waals surface area contributed by atoms with Crippen LogP contribution in [0.4, 0.5) is 0 Å². The average molecular weight is 181 g/mol. The number of aromatic nitrogens is 3. The van der Waals surface area contributed by atoms with E-state index in [1.54, 1.807) is 6.92 Å². The maximum Gasteiger partial charge on any atom is 0.263 e. The lowest BCUT2D eigenvalue weighted by atomic mass is 10.3. The molecule has 0 amide bonds. The Morgan fingerprint density at radius 2 is 2.31 bits per heavy atom. The predicted molar refractivity (Wildman–Crippen MR) is 40.5 cm³/mol. The first kappa shape index (κ1) is 7.93. The first-order chi connectivity index (χ1) is 6.31. The molecular weight excluding hydrogens is 174 g/mol. The van der Waals surface area contributed by atoms with Crippen LogP contribution in [0.5, 0.6) is 0 Å². The van der Waals surface area contributed by atoms with E-state index in [4.69, 9.17) is 14.2 Å². The second-order valence-electron chi connectivity index (χ2n) is 2.47. The van der Waals surface area contributed by atoms with Crippen LogP contribution in [0.3, 0.4) is 0 Å². The molecule has 0 atom stereocenters. The van der Waals surface area contributed by atoms with Gasteiger partial charge in [-0.25, -0.2) is 0 Å². The molecule has 0 fully saturated rings. The standard InChI is InChI=1S/C7H7N3O3/c1-4-5(2-8-12-4)7-9-6(3-11)10-13-7/h2,11H,3H2,1H3. The molecule has 2 heterocycles. The Morgan fingerprint density at radius 1 is 1.46 bits per heavy atom. The summed E-state index contributed by atoms with van der Waals surface area (Å²) in [6.07, 6.45) is 1.49. The van der Waals surface area contributed by atoms with Crippen LogP contribution in [0, 0.1) is 6.92 Å². The molecule has 0 aliphatic carbocycles. The number of aryl methyl sites for hydroxylation is 1. The zero-order valence-corrected chi connectivity index (χ0v) is 6.89. The van der Waals surface area contributed by atoms with Crippen molar-refractivity contribution in [2.45, 2.75) is 13.5 Å². The lowest BCUT2D eigenvalue weighted by Gasteiger charge is -1.84. The minimum atomic E-state index is -0.242. The van der Waals surface area contributed by atoms with E-state index < -0.39 is 0 Å². The zero-order valence-electron chi connectivity index (χ0n) is 6.89. The van der Waals surface area contributed by atoms with E-state index in [0.717, 1.165) is 0 Å². The minimum Gasteiger partial charge on any atom is -0.388 e. The summed E-state index contributed by atoms with van der Waals surface area (Å²) in [6, 6.07) is 0. The number of nitrogens with zero attached hydrogens (tertiary/aromatic N) is 3. The van der Waals surface area contributed by atoms with Gasteiger partial charge in [0.2, 0.25) is 0 Å². The number of aliphatic hydroxyl groups excluding tert-OH is 1. The van der Waals surface area contributed by atoms with Crippen LogP contribution < -0.4 is 0 Å².